The molecule has 20 heavy (non-hydrogen) atoms. The average Bonchev–Trinajstić information content (AvgIpc) is 2.38. The van der Waals surface area contributed by atoms with Gasteiger partial charge < -0.3 is 5.21 Å². The zero-order valence-corrected chi connectivity index (χ0v) is 12.3. The molecule has 1 aromatic rings. The first-order valence-corrected chi connectivity index (χ1v) is 7.21. The van der Waals surface area contributed by atoms with E-state index < -0.39 is 4.65 Å². The Balaban J connectivity index is 2.27. The molecule has 1 aliphatic heterocycles. The van der Waals surface area contributed by atoms with Crippen LogP contribution < -0.4 is 0 Å². The van der Waals surface area contributed by atoms with E-state index in [-0.39, 0.29) is 24.8 Å². The lowest BCUT2D eigenvalue weighted by molar-refractivity contribution is -0.804. The van der Waals surface area contributed by atoms with Gasteiger partial charge in [-0.1, -0.05) is 11.6 Å². The van der Waals surface area contributed by atoms with Gasteiger partial charge in [0.15, 0.2) is 5.78 Å². The van der Waals surface area contributed by atoms with Gasteiger partial charge in [-0.3, -0.25) is 9.44 Å². The van der Waals surface area contributed by atoms with Crippen molar-refractivity contribution in [2.24, 2.45) is 0 Å². The Hall–Kier alpha value is -1.23. The molecule has 0 saturated heterocycles. The fraction of sp³-hybridized carbons (Fsp3) is 0.467. The second kappa shape index (κ2) is 6.04. The van der Waals surface area contributed by atoms with Crippen molar-refractivity contribution in [1.82, 2.24) is 0 Å². The Kier molecular flexibility index (Phi) is 4.58. The predicted octanol–water partition coefficient (Wildman–Crippen LogP) is 3.11. The maximum absolute atomic E-state index is 12.4. The van der Waals surface area contributed by atoms with Gasteiger partial charge in [0.25, 0.3) is 0 Å². The van der Waals surface area contributed by atoms with Gasteiger partial charge >= 0.3 is 5.91 Å². The highest BCUT2D eigenvalue weighted by atomic mass is 35.5. The molecular weight excluding hydrogens is 278 g/mol. The van der Waals surface area contributed by atoms with Crippen molar-refractivity contribution in [3.05, 3.63) is 39.6 Å². The van der Waals surface area contributed by atoms with Crippen molar-refractivity contribution < 1.29 is 14.2 Å². The van der Waals surface area contributed by atoms with Crippen LogP contribution in [-0.4, -0.2) is 29.4 Å². The molecule has 1 unspecified atom stereocenters. The molecule has 1 heterocycles. The van der Waals surface area contributed by atoms with Gasteiger partial charge in [0.2, 0.25) is 0 Å². The third kappa shape index (κ3) is 3.26. The fourth-order valence-electron chi connectivity index (χ4n) is 2.62. The first-order chi connectivity index (χ1) is 9.42. The minimum absolute atomic E-state index is 0.0219. The number of Topliss-reactive ketones (excluding diaryl/α,β-unsaturated/α-hetero) is 1. The molecule has 2 rings (SSSR count). The van der Waals surface area contributed by atoms with E-state index in [1.165, 1.54) is 6.92 Å². The number of amides is 1. The molecule has 0 bridgehead atoms. The lowest BCUT2D eigenvalue weighted by atomic mass is 9.96. The second-order valence-electron chi connectivity index (χ2n) is 5.29. The number of nitrogens with zero attached hydrogens (tertiary/aromatic N) is 1. The minimum Gasteiger partial charge on any atom is -0.625 e. The Labute approximate surface area is 123 Å². The van der Waals surface area contributed by atoms with E-state index in [9.17, 15) is 14.8 Å². The molecule has 5 heteroatoms. The van der Waals surface area contributed by atoms with Gasteiger partial charge in [0.05, 0.1) is 20.0 Å². The molecule has 4 nitrogen and oxygen atoms in total. The maximum atomic E-state index is 12.4. The van der Waals surface area contributed by atoms with E-state index in [1.807, 2.05) is 0 Å². The van der Waals surface area contributed by atoms with Crippen LogP contribution in [0, 0.1) is 5.21 Å². The molecule has 0 saturated carbocycles. The summed E-state index contributed by atoms with van der Waals surface area (Å²) in [6.45, 7) is 1.77. The maximum Gasteiger partial charge on any atom is 0.310 e. The number of hydroxylamine groups is 3. The number of aryl methyl sites for hydroxylation is 1. The summed E-state index contributed by atoms with van der Waals surface area (Å²) in [7, 11) is 0. The zero-order chi connectivity index (χ0) is 14.8. The number of rotatable bonds is 0. The van der Waals surface area contributed by atoms with Gasteiger partial charge in [0, 0.05) is 29.8 Å². The van der Waals surface area contributed by atoms with Crippen LogP contribution in [0.1, 0.15) is 42.1 Å². The zero-order valence-electron chi connectivity index (χ0n) is 11.5. The first-order valence-electron chi connectivity index (χ1n) is 6.83. The van der Waals surface area contributed by atoms with Crippen LogP contribution in [-0.2, 0) is 11.2 Å². The summed E-state index contributed by atoms with van der Waals surface area (Å²) in [5.41, 5.74) is 1.57. The third-order valence-electron chi connectivity index (χ3n) is 3.83. The van der Waals surface area contributed by atoms with Gasteiger partial charge in [-0.2, -0.15) is 0 Å². The van der Waals surface area contributed by atoms with Gasteiger partial charge in [-0.25, -0.2) is 4.79 Å². The number of carbonyl (C=O) groups is 2. The Morgan fingerprint density at radius 1 is 1.25 bits per heavy atom. The van der Waals surface area contributed by atoms with E-state index >= 15 is 0 Å². The number of hydrogen-bond acceptors (Lipinski definition) is 3. The van der Waals surface area contributed by atoms with E-state index in [1.54, 1.807) is 18.2 Å². The first kappa shape index (κ1) is 15.2. The largest absolute Gasteiger partial charge is 0.625 e. The topological polar surface area (TPSA) is 57.2 Å². The van der Waals surface area contributed by atoms with Crippen molar-refractivity contribution >= 4 is 23.3 Å². The van der Waals surface area contributed by atoms with Crippen molar-refractivity contribution in [3.8, 4) is 0 Å². The summed E-state index contributed by atoms with van der Waals surface area (Å²) in [5.74, 6) is -0.363. The van der Waals surface area contributed by atoms with Crippen molar-refractivity contribution in [3.63, 3.8) is 0 Å². The average molecular weight is 296 g/mol. The highest BCUT2D eigenvalue weighted by molar-refractivity contribution is 6.30. The molecule has 1 aromatic carbocycles. The van der Waals surface area contributed by atoms with Gasteiger partial charge in [0.1, 0.15) is 0 Å². The van der Waals surface area contributed by atoms with Crippen molar-refractivity contribution in [2.75, 3.05) is 13.1 Å². The normalized spacial score (nSPS) is 24.1. The number of carbonyl (C=O) groups excluding carboxylic acids is 2. The lowest BCUT2D eigenvalue weighted by Gasteiger charge is -2.39. The van der Waals surface area contributed by atoms with Crippen molar-refractivity contribution in [2.45, 2.75) is 32.6 Å². The molecule has 1 amide bonds. The minimum atomic E-state index is -0.830. The monoisotopic (exact) mass is 295 g/mol. The molecule has 0 fully saturated rings. The molecular formula is C15H18ClNO3. The number of halogens is 1. The highest BCUT2D eigenvalue weighted by Crippen LogP contribution is 2.22. The molecule has 108 valence electrons. The second-order valence-corrected chi connectivity index (χ2v) is 5.72. The number of hydrogen-bond donors (Lipinski definition) is 0. The Bertz CT molecular complexity index is 544. The van der Waals surface area contributed by atoms with Crippen LogP contribution in [0.15, 0.2) is 18.2 Å². The smallest absolute Gasteiger partial charge is 0.310 e. The molecule has 0 N–H and O–H groups in total. The van der Waals surface area contributed by atoms with Crippen LogP contribution in [0.25, 0.3) is 0 Å². The van der Waals surface area contributed by atoms with Crippen LogP contribution >= 0.6 is 11.6 Å². The summed E-state index contributed by atoms with van der Waals surface area (Å²) in [6.07, 6.45) is 1.90. The summed E-state index contributed by atoms with van der Waals surface area (Å²) in [4.78, 5) is 23.7. The summed E-state index contributed by atoms with van der Waals surface area (Å²) < 4.78 is -0.830. The molecule has 1 atom stereocenters. The van der Waals surface area contributed by atoms with Crippen molar-refractivity contribution in [1.29, 1.82) is 0 Å². The van der Waals surface area contributed by atoms with E-state index in [0.29, 0.717) is 36.3 Å². The summed E-state index contributed by atoms with van der Waals surface area (Å²) in [6, 6.07) is 5.25. The molecule has 0 radical (unpaired) electrons. The van der Waals surface area contributed by atoms with Crippen LogP contribution in [0.3, 0.4) is 0 Å². The van der Waals surface area contributed by atoms with Crippen LogP contribution in [0.2, 0.25) is 5.02 Å². The Morgan fingerprint density at radius 2 is 1.90 bits per heavy atom. The molecule has 1 aliphatic rings. The van der Waals surface area contributed by atoms with Crippen LogP contribution in [0.4, 0.5) is 0 Å². The van der Waals surface area contributed by atoms with Gasteiger partial charge in [-0.05, 0) is 30.2 Å². The summed E-state index contributed by atoms with van der Waals surface area (Å²) >= 11 is 5.97. The quantitative estimate of drug-likeness (QED) is 0.546. The fourth-order valence-corrected chi connectivity index (χ4v) is 2.82. The third-order valence-corrected chi connectivity index (χ3v) is 4.07. The number of fused-ring (bicyclic) bond motifs is 1. The van der Waals surface area contributed by atoms with E-state index in [4.69, 9.17) is 11.6 Å². The SMILES string of the molecule is CC(=O)[N+]1([O-])CCCC(=O)c2ccc(Cl)cc2CCC1. The highest BCUT2D eigenvalue weighted by Gasteiger charge is 2.25. The molecule has 0 aliphatic carbocycles. The van der Waals surface area contributed by atoms with E-state index in [0.717, 1.165) is 5.56 Å². The van der Waals surface area contributed by atoms with Crippen LogP contribution in [0.5, 0.6) is 0 Å². The van der Waals surface area contributed by atoms with E-state index in [2.05, 4.69) is 0 Å². The Morgan fingerprint density at radius 3 is 2.55 bits per heavy atom. The standard InChI is InChI=1S/C15H18ClNO3/c1-11(18)17(20)8-2-4-12-10-13(16)6-7-14(12)15(19)5-3-9-17/h6-7,10H,2-5,8-9H2,1H3. The molecule has 0 spiro atoms. The number of quaternary nitrogens is 1. The molecule has 0 aromatic heterocycles. The van der Waals surface area contributed by atoms with Gasteiger partial charge in [-0.15, -0.1) is 0 Å². The number of ketones is 1. The predicted molar refractivity (Wildman–Crippen MR) is 77.4 cm³/mol. The summed E-state index contributed by atoms with van der Waals surface area (Å²) in [5, 5.41) is 13.0. The number of benzene rings is 1. The lowest BCUT2D eigenvalue weighted by Crippen LogP contribution is -2.48.